The van der Waals surface area contributed by atoms with Crippen LogP contribution in [0.4, 0.5) is 17.1 Å². The Labute approximate surface area is 350 Å². The van der Waals surface area contributed by atoms with Gasteiger partial charge in [0.1, 0.15) is 22.3 Å². The van der Waals surface area contributed by atoms with Gasteiger partial charge in [-0.05, 0) is 104 Å². The average molecular weight is 778 g/mol. The van der Waals surface area contributed by atoms with Crippen molar-refractivity contribution in [1.82, 2.24) is 0 Å². The van der Waals surface area contributed by atoms with Gasteiger partial charge in [0.25, 0.3) is 0 Å². The quantitative estimate of drug-likeness (QED) is 0.163. The lowest BCUT2D eigenvalue weighted by atomic mass is 9.93. The zero-order valence-electron chi connectivity index (χ0n) is 33.0. The highest BCUT2D eigenvalue weighted by atomic mass is 16.3. The molecule has 3 heteroatoms. The highest BCUT2D eigenvalue weighted by Gasteiger charge is 2.24. The molecule has 0 aliphatic carbocycles. The van der Waals surface area contributed by atoms with Crippen molar-refractivity contribution in [3.63, 3.8) is 0 Å². The van der Waals surface area contributed by atoms with Crippen molar-refractivity contribution in [3.8, 4) is 22.3 Å². The van der Waals surface area contributed by atoms with Gasteiger partial charge >= 0.3 is 0 Å². The number of benzene rings is 11. The Hall–Kier alpha value is -8.14. The first-order valence-electron chi connectivity index (χ1n) is 20.8. The van der Waals surface area contributed by atoms with E-state index in [9.17, 15) is 0 Å². The lowest BCUT2D eigenvalue weighted by Gasteiger charge is -2.29. The molecule has 0 radical (unpaired) electrons. The van der Waals surface area contributed by atoms with Gasteiger partial charge in [-0.1, -0.05) is 158 Å². The van der Waals surface area contributed by atoms with E-state index in [0.29, 0.717) is 0 Å². The first kappa shape index (κ1) is 33.8. The van der Waals surface area contributed by atoms with Crippen LogP contribution in [0.25, 0.3) is 109 Å². The van der Waals surface area contributed by atoms with E-state index in [1.165, 1.54) is 32.7 Å². The van der Waals surface area contributed by atoms with E-state index >= 15 is 0 Å². The number of fused-ring (bicyclic) bond motifs is 13. The highest BCUT2D eigenvalue weighted by molar-refractivity contribution is 6.22. The first-order chi connectivity index (χ1) is 30.3. The monoisotopic (exact) mass is 777 g/mol. The second-order valence-corrected chi connectivity index (χ2v) is 16.0. The molecule has 3 nitrogen and oxygen atoms in total. The minimum absolute atomic E-state index is 0.848. The standard InChI is InChI=1S/C58H35NO2/c1-5-17-42-36(13-1)29-33-48-55-47(22-11-25-53(55)60-57(42)48)46-21-9-10-23-51(46)59(52-24-12-26-54-56(52)49-34-30-37-14-2-6-18-43(37)58(49)61-54)40-31-27-38(28-32-40)50-35-39-15-3-4-16-41(39)44-19-7-8-20-45(44)50/h1-35H. The molecule has 0 bridgehead atoms. The Bertz CT molecular complexity index is 3890. The van der Waals surface area contributed by atoms with Gasteiger partial charge in [-0.25, -0.2) is 0 Å². The zero-order valence-corrected chi connectivity index (χ0v) is 33.0. The van der Waals surface area contributed by atoms with Crippen LogP contribution in [0.2, 0.25) is 0 Å². The smallest absolute Gasteiger partial charge is 0.143 e. The number of hydrogen-bond acceptors (Lipinski definition) is 3. The summed E-state index contributed by atoms with van der Waals surface area (Å²) in [5, 5.41) is 13.9. The molecule has 0 aliphatic rings. The third-order valence-corrected chi connectivity index (χ3v) is 12.6. The van der Waals surface area contributed by atoms with Crippen LogP contribution in [0.15, 0.2) is 221 Å². The van der Waals surface area contributed by atoms with Crippen LogP contribution >= 0.6 is 0 Å². The number of anilines is 3. The molecule has 0 saturated heterocycles. The number of para-hydroxylation sites is 1. The van der Waals surface area contributed by atoms with Crippen LogP contribution in [-0.2, 0) is 0 Å². The second-order valence-electron chi connectivity index (χ2n) is 16.0. The number of rotatable bonds is 5. The summed E-state index contributed by atoms with van der Waals surface area (Å²) in [6, 6.07) is 76.3. The van der Waals surface area contributed by atoms with E-state index in [1.807, 2.05) is 0 Å². The van der Waals surface area contributed by atoms with Crippen LogP contribution in [0.1, 0.15) is 0 Å². The van der Waals surface area contributed by atoms with Gasteiger partial charge in [0.05, 0.1) is 16.8 Å². The third kappa shape index (κ3) is 5.11. The summed E-state index contributed by atoms with van der Waals surface area (Å²) < 4.78 is 13.5. The molecule has 0 spiro atoms. The summed E-state index contributed by atoms with van der Waals surface area (Å²) in [7, 11) is 0. The van der Waals surface area contributed by atoms with E-state index in [4.69, 9.17) is 8.83 Å². The van der Waals surface area contributed by atoms with Crippen molar-refractivity contribution in [3.05, 3.63) is 212 Å². The minimum atomic E-state index is 0.848. The fourth-order valence-electron chi connectivity index (χ4n) is 9.89. The summed E-state index contributed by atoms with van der Waals surface area (Å²) in [4.78, 5) is 2.42. The largest absolute Gasteiger partial charge is 0.455 e. The van der Waals surface area contributed by atoms with Gasteiger partial charge in [-0.2, -0.15) is 0 Å². The minimum Gasteiger partial charge on any atom is -0.455 e. The van der Waals surface area contributed by atoms with Gasteiger partial charge in [0, 0.05) is 38.2 Å². The van der Waals surface area contributed by atoms with E-state index < -0.39 is 0 Å². The van der Waals surface area contributed by atoms with Crippen LogP contribution in [0.3, 0.4) is 0 Å². The molecule has 0 unspecified atom stereocenters. The zero-order chi connectivity index (χ0) is 40.0. The summed E-state index contributed by atoms with van der Waals surface area (Å²) >= 11 is 0. The maximum Gasteiger partial charge on any atom is 0.143 e. The van der Waals surface area contributed by atoms with Crippen molar-refractivity contribution in [2.75, 3.05) is 4.90 Å². The molecule has 2 aromatic heterocycles. The van der Waals surface area contributed by atoms with Crippen molar-refractivity contribution in [1.29, 1.82) is 0 Å². The Morgan fingerprint density at radius 2 is 0.820 bits per heavy atom. The predicted octanol–water partition coefficient (Wildman–Crippen LogP) is 16.9. The van der Waals surface area contributed by atoms with Crippen LogP contribution in [-0.4, -0.2) is 0 Å². The molecule has 0 atom stereocenters. The molecular formula is C58H35NO2. The summed E-state index contributed by atoms with van der Waals surface area (Å²) in [6.45, 7) is 0. The lowest BCUT2D eigenvalue weighted by Crippen LogP contribution is -2.11. The summed E-state index contributed by atoms with van der Waals surface area (Å²) in [5.41, 5.74) is 11.3. The lowest BCUT2D eigenvalue weighted by molar-refractivity contribution is 0.672. The van der Waals surface area contributed by atoms with Crippen molar-refractivity contribution >= 4 is 104 Å². The molecule has 13 aromatic rings. The predicted molar refractivity (Wildman–Crippen MR) is 257 cm³/mol. The molecular weight excluding hydrogens is 743 g/mol. The van der Waals surface area contributed by atoms with Crippen molar-refractivity contribution in [2.45, 2.75) is 0 Å². The Kier molecular flexibility index (Phi) is 7.31. The Morgan fingerprint density at radius 1 is 0.295 bits per heavy atom. The molecule has 284 valence electrons. The van der Waals surface area contributed by atoms with E-state index in [0.717, 1.165) is 93.6 Å². The van der Waals surface area contributed by atoms with E-state index in [1.54, 1.807) is 0 Å². The number of furan rings is 2. The van der Waals surface area contributed by atoms with Crippen molar-refractivity contribution < 1.29 is 8.83 Å². The number of hydrogen-bond donors (Lipinski definition) is 0. The molecule has 11 aromatic carbocycles. The van der Waals surface area contributed by atoms with Crippen LogP contribution in [0.5, 0.6) is 0 Å². The molecule has 0 aliphatic heterocycles. The molecule has 0 N–H and O–H groups in total. The molecule has 2 heterocycles. The molecule has 61 heavy (non-hydrogen) atoms. The Balaban J connectivity index is 1.07. The fourth-order valence-corrected chi connectivity index (χ4v) is 9.89. The molecule has 13 rings (SSSR count). The summed E-state index contributed by atoms with van der Waals surface area (Å²) in [5.74, 6) is 0. The first-order valence-corrected chi connectivity index (χ1v) is 20.8. The van der Waals surface area contributed by atoms with Crippen LogP contribution in [0, 0.1) is 0 Å². The van der Waals surface area contributed by atoms with Crippen molar-refractivity contribution in [2.24, 2.45) is 0 Å². The van der Waals surface area contributed by atoms with Gasteiger partial charge in [-0.3, -0.25) is 0 Å². The van der Waals surface area contributed by atoms with Gasteiger partial charge in [0.2, 0.25) is 0 Å². The highest BCUT2D eigenvalue weighted by Crippen LogP contribution is 2.49. The Morgan fingerprint density at radius 3 is 1.54 bits per heavy atom. The molecule has 0 fully saturated rings. The topological polar surface area (TPSA) is 29.5 Å². The number of nitrogens with zero attached hydrogens (tertiary/aromatic N) is 1. The van der Waals surface area contributed by atoms with Gasteiger partial charge in [0.15, 0.2) is 0 Å². The normalized spacial score (nSPS) is 11.9. The molecule has 0 saturated carbocycles. The maximum absolute atomic E-state index is 6.79. The molecule has 0 amide bonds. The van der Waals surface area contributed by atoms with E-state index in [2.05, 4.69) is 217 Å². The maximum atomic E-state index is 6.79. The average Bonchev–Trinajstić information content (AvgIpc) is 3.92. The second kappa shape index (κ2) is 13.2. The summed E-state index contributed by atoms with van der Waals surface area (Å²) in [6.07, 6.45) is 0. The van der Waals surface area contributed by atoms with Gasteiger partial charge < -0.3 is 13.7 Å². The van der Waals surface area contributed by atoms with Gasteiger partial charge in [-0.15, -0.1) is 0 Å². The van der Waals surface area contributed by atoms with Crippen LogP contribution < -0.4 is 4.90 Å². The fraction of sp³-hybridized carbons (Fsp3) is 0. The third-order valence-electron chi connectivity index (χ3n) is 12.6. The van der Waals surface area contributed by atoms with E-state index in [-0.39, 0.29) is 0 Å². The SMILES string of the molecule is c1ccc(N(c2ccc(-c3cc4ccccc4c4ccccc34)cc2)c2cccc3oc4c5ccccc5ccc4c23)c(-c2cccc3oc4c5ccccc5ccc4c23)c1.